The van der Waals surface area contributed by atoms with Gasteiger partial charge >= 0.3 is 0 Å². The van der Waals surface area contributed by atoms with E-state index in [-0.39, 0.29) is 16.0 Å². The first-order valence-corrected chi connectivity index (χ1v) is 8.50. The van der Waals surface area contributed by atoms with Crippen molar-refractivity contribution in [3.05, 3.63) is 27.6 Å². The Kier molecular flexibility index (Phi) is 4.56. The highest BCUT2D eigenvalue weighted by Gasteiger charge is 2.31. The standard InChI is InChI=1S/C13H19ClN2O3S/c1-9-4-3-5-10(6-9)16(2)20(18,19)11-7-12(14)13(17)15-8-11/h7-10H,3-6H2,1-2H3,(H,15,17). The van der Waals surface area contributed by atoms with Crippen molar-refractivity contribution in [1.29, 1.82) is 0 Å². The lowest BCUT2D eigenvalue weighted by Crippen LogP contribution is -2.39. The summed E-state index contributed by atoms with van der Waals surface area (Å²) in [5.74, 6) is 0.533. The minimum absolute atomic E-state index is 0.00875. The molecular formula is C13H19ClN2O3S. The number of H-pyrrole nitrogens is 1. The van der Waals surface area contributed by atoms with Crippen molar-refractivity contribution in [2.45, 2.75) is 43.5 Å². The number of hydrogen-bond acceptors (Lipinski definition) is 3. The Hall–Kier alpha value is -0.850. The van der Waals surface area contributed by atoms with Gasteiger partial charge in [-0.25, -0.2) is 8.42 Å². The normalized spacial score (nSPS) is 24.0. The predicted molar refractivity (Wildman–Crippen MR) is 78.4 cm³/mol. The summed E-state index contributed by atoms with van der Waals surface area (Å²) in [6.45, 7) is 2.14. The zero-order chi connectivity index (χ0) is 14.9. The second-order valence-corrected chi connectivity index (χ2v) is 7.86. The molecule has 1 fully saturated rings. The lowest BCUT2D eigenvalue weighted by atomic mass is 9.87. The summed E-state index contributed by atoms with van der Waals surface area (Å²) < 4.78 is 26.5. The van der Waals surface area contributed by atoms with E-state index in [4.69, 9.17) is 11.6 Å². The molecule has 2 unspecified atom stereocenters. The van der Waals surface area contributed by atoms with E-state index in [1.807, 2.05) is 0 Å². The van der Waals surface area contributed by atoms with E-state index >= 15 is 0 Å². The summed E-state index contributed by atoms with van der Waals surface area (Å²) >= 11 is 5.71. The summed E-state index contributed by atoms with van der Waals surface area (Å²) in [6, 6.07) is 1.22. The van der Waals surface area contributed by atoms with E-state index < -0.39 is 15.6 Å². The van der Waals surface area contributed by atoms with Gasteiger partial charge in [0, 0.05) is 19.3 Å². The van der Waals surface area contributed by atoms with Crippen molar-refractivity contribution in [2.75, 3.05) is 7.05 Å². The molecule has 0 aliphatic heterocycles. The lowest BCUT2D eigenvalue weighted by molar-refractivity contribution is 0.239. The Morgan fingerprint density at radius 3 is 2.70 bits per heavy atom. The minimum Gasteiger partial charge on any atom is -0.326 e. The van der Waals surface area contributed by atoms with Gasteiger partial charge in [0.05, 0.1) is 4.90 Å². The Morgan fingerprint density at radius 1 is 1.40 bits per heavy atom. The van der Waals surface area contributed by atoms with Crippen LogP contribution in [0.5, 0.6) is 0 Å². The monoisotopic (exact) mass is 318 g/mol. The first kappa shape index (κ1) is 15.5. The van der Waals surface area contributed by atoms with Crippen LogP contribution in [0.2, 0.25) is 5.02 Å². The Bertz CT molecular complexity index is 641. The van der Waals surface area contributed by atoms with Crippen molar-refractivity contribution in [1.82, 2.24) is 9.29 Å². The molecule has 7 heteroatoms. The number of halogens is 1. The molecule has 0 radical (unpaired) electrons. The van der Waals surface area contributed by atoms with Crippen LogP contribution in [0, 0.1) is 5.92 Å². The van der Waals surface area contributed by atoms with Crippen LogP contribution in [-0.2, 0) is 10.0 Å². The number of pyridine rings is 1. The molecule has 1 N–H and O–H groups in total. The molecule has 1 aromatic heterocycles. The molecule has 0 amide bonds. The van der Waals surface area contributed by atoms with Crippen molar-refractivity contribution in [3.63, 3.8) is 0 Å². The number of rotatable bonds is 3. The molecular weight excluding hydrogens is 300 g/mol. The minimum atomic E-state index is -3.62. The van der Waals surface area contributed by atoms with Gasteiger partial charge in [0.2, 0.25) is 10.0 Å². The van der Waals surface area contributed by atoms with Crippen molar-refractivity contribution < 1.29 is 8.42 Å². The second-order valence-electron chi connectivity index (χ2n) is 5.46. The number of sulfonamides is 1. The maximum Gasteiger partial charge on any atom is 0.266 e. The van der Waals surface area contributed by atoms with Gasteiger partial charge in [-0.15, -0.1) is 0 Å². The van der Waals surface area contributed by atoms with Crippen LogP contribution in [0.4, 0.5) is 0 Å². The molecule has 0 spiro atoms. The van der Waals surface area contributed by atoms with Crippen molar-refractivity contribution in [3.8, 4) is 0 Å². The largest absolute Gasteiger partial charge is 0.326 e. The Morgan fingerprint density at radius 2 is 2.10 bits per heavy atom. The van der Waals surface area contributed by atoms with Crippen molar-refractivity contribution >= 4 is 21.6 Å². The van der Waals surface area contributed by atoms with Crippen molar-refractivity contribution in [2.24, 2.45) is 5.92 Å². The molecule has 5 nitrogen and oxygen atoms in total. The number of aromatic nitrogens is 1. The predicted octanol–water partition coefficient (Wildman–Crippen LogP) is 2.23. The van der Waals surface area contributed by atoms with Gasteiger partial charge in [0.25, 0.3) is 5.56 Å². The molecule has 0 aromatic carbocycles. The highest BCUT2D eigenvalue weighted by atomic mass is 35.5. The van der Waals surface area contributed by atoms with E-state index in [1.165, 1.54) is 16.6 Å². The molecule has 1 aromatic rings. The van der Waals surface area contributed by atoms with Crippen LogP contribution in [-0.4, -0.2) is 30.8 Å². The summed E-state index contributed by atoms with van der Waals surface area (Å²) in [4.78, 5) is 13.6. The summed E-state index contributed by atoms with van der Waals surface area (Å²) in [6.07, 6.45) is 5.13. The molecule has 2 atom stereocenters. The SMILES string of the molecule is CC1CCCC(N(C)S(=O)(=O)c2c[nH]c(=O)c(Cl)c2)C1. The fourth-order valence-corrected chi connectivity index (χ4v) is 4.31. The number of nitrogens with zero attached hydrogens (tertiary/aromatic N) is 1. The summed E-state index contributed by atoms with van der Waals surface area (Å²) in [5.41, 5.74) is -0.487. The molecule has 0 saturated heterocycles. The van der Waals surface area contributed by atoms with E-state index in [0.717, 1.165) is 25.7 Å². The summed E-state index contributed by atoms with van der Waals surface area (Å²) in [5, 5.41) is -0.114. The third-order valence-electron chi connectivity index (χ3n) is 3.93. The Labute approximate surface area is 124 Å². The highest BCUT2D eigenvalue weighted by Crippen LogP contribution is 2.29. The third kappa shape index (κ3) is 3.07. The Balaban J connectivity index is 2.29. The number of aromatic amines is 1. The lowest BCUT2D eigenvalue weighted by Gasteiger charge is -2.33. The maximum atomic E-state index is 12.5. The van der Waals surface area contributed by atoms with Gasteiger partial charge < -0.3 is 4.98 Å². The van der Waals surface area contributed by atoms with Crippen LogP contribution >= 0.6 is 11.6 Å². The molecule has 1 aliphatic rings. The molecule has 2 rings (SSSR count). The van der Waals surface area contributed by atoms with Gasteiger partial charge in [-0.1, -0.05) is 31.4 Å². The summed E-state index contributed by atoms with van der Waals surface area (Å²) in [7, 11) is -2.03. The fraction of sp³-hybridized carbons (Fsp3) is 0.615. The zero-order valence-electron chi connectivity index (χ0n) is 11.6. The molecule has 112 valence electrons. The first-order chi connectivity index (χ1) is 9.32. The van der Waals surface area contributed by atoms with Crippen LogP contribution in [0.25, 0.3) is 0 Å². The smallest absolute Gasteiger partial charge is 0.266 e. The van der Waals surface area contributed by atoms with E-state index in [2.05, 4.69) is 11.9 Å². The number of hydrogen-bond donors (Lipinski definition) is 1. The van der Waals surface area contributed by atoms with Gasteiger partial charge in [-0.3, -0.25) is 4.79 Å². The topological polar surface area (TPSA) is 70.2 Å². The van der Waals surface area contributed by atoms with E-state index in [1.54, 1.807) is 7.05 Å². The van der Waals surface area contributed by atoms with Crippen LogP contribution in [0.1, 0.15) is 32.6 Å². The number of nitrogens with one attached hydrogen (secondary N) is 1. The zero-order valence-corrected chi connectivity index (χ0v) is 13.2. The van der Waals surface area contributed by atoms with Gasteiger partial charge in [0.1, 0.15) is 5.02 Å². The fourth-order valence-electron chi connectivity index (χ4n) is 2.68. The first-order valence-electron chi connectivity index (χ1n) is 6.68. The van der Waals surface area contributed by atoms with Gasteiger partial charge in [-0.2, -0.15) is 4.31 Å². The molecule has 1 saturated carbocycles. The highest BCUT2D eigenvalue weighted by molar-refractivity contribution is 7.89. The van der Waals surface area contributed by atoms with Gasteiger partial charge in [0.15, 0.2) is 0 Å². The van der Waals surface area contributed by atoms with E-state index in [0.29, 0.717) is 5.92 Å². The molecule has 1 heterocycles. The quantitative estimate of drug-likeness (QED) is 0.929. The average molecular weight is 319 g/mol. The van der Waals surface area contributed by atoms with Gasteiger partial charge in [-0.05, 0) is 24.8 Å². The average Bonchev–Trinajstić information content (AvgIpc) is 2.40. The third-order valence-corrected chi connectivity index (χ3v) is 6.10. The van der Waals surface area contributed by atoms with E-state index in [9.17, 15) is 13.2 Å². The van der Waals surface area contributed by atoms with Crippen LogP contribution in [0.3, 0.4) is 0 Å². The molecule has 20 heavy (non-hydrogen) atoms. The maximum absolute atomic E-state index is 12.5. The van der Waals surface area contributed by atoms with Crippen LogP contribution in [0.15, 0.2) is 22.0 Å². The molecule has 1 aliphatic carbocycles. The van der Waals surface area contributed by atoms with Crippen LogP contribution < -0.4 is 5.56 Å². The molecule has 0 bridgehead atoms. The second kappa shape index (κ2) is 5.87.